The Morgan fingerprint density at radius 2 is 1.74 bits per heavy atom. The van der Waals surface area contributed by atoms with Gasteiger partial charge in [0.05, 0.1) is 6.10 Å². The summed E-state index contributed by atoms with van der Waals surface area (Å²) in [4.78, 5) is 15.1. The Kier molecular flexibility index (Phi) is 4.22. The molecule has 0 aliphatic carbocycles. The number of fused-ring (bicyclic) bond motifs is 1. The number of rotatable bonds is 5. The molecule has 3 nitrogen and oxygen atoms in total. The Morgan fingerprint density at radius 1 is 1.09 bits per heavy atom. The third-order valence-electron chi connectivity index (χ3n) is 4.71. The van der Waals surface area contributed by atoms with E-state index in [2.05, 4.69) is 6.07 Å². The maximum Gasteiger partial charge on any atom is 0.242 e. The number of nitrogens with zero attached hydrogens (tertiary/aromatic N) is 1. The third-order valence-corrected chi connectivity index (χ3v) is 4.71. The molecule has 0 bridgehead atoms. The van der Waals surface area contributed by atoms with Gasteiger partial charge in [-0.25, -0.2) is 0 Å². The average molecular weight is 309 g/mol. The van der Waals surface area contributed by atoms with Gasteiger partial charge in [0, 0.05) is 19.3 Å². The second kappa shape index (κ2) is 6.17. The normalized spacial score (nSPS) is 21.3. The predicted molar refractivity (Wildman–Crippen MR) is 92.8 cm³/mol. The molecule has 23 heavy (non-hydrogen) atoms. The van der Waals surface area contributed by atoms with Gasteiger partial charge < -0.3 is 9.64 Å². The quantitative estimate of drug-likeness (QED) is 0.841. The van der Waals surface area contributed by atoms with Crippen molar-refractivity contribution in [3.8, 4) is 0 Å². The number of hydrogen-bond donors (Lipinski definition) is 0. The van der Waals surface area contributed by atoms with Gasteiger partial charge in [-0.15, -0.1) is 0 Å². The van der Waals surface area contributed by atoms with E-state index in [1.54, 1.807) is 4.90 Å². The van der Waals surface area contributed by atoms with E-state index in [9.17, 15) is 4.79 Å². The van der Waals surface area contributed by atoms with Gasteiger partial charge in [0.25, 0.3) is 0 Å². The summed E-state index contributed by atoms with van der Waals surface area (Å²) in [6, 6.07) is 18.2. The first-order valence-corrected chi connectivity index (χ1v) is 8.16. The Hall–Kier alpha value is -2.13. The van der Waals surface area contributed by atoms with E-state index in [-0.39, 0.29) is 12.0 Å². The molecule has 0 radical (unpaired) electrons. The lowest BCUT2D eigenvalue weighted by atomic mass is 9.71. The predicted octanol–water partition coefficient (Wildman–Crippen LogP) is 3.76. The molecule has 1 amide bonds. The minimum Gasteiger partial charge on any atom is -0.379 e. The van der Waals surface area contributed by atoms with Crippen molar-refractivity contribution in [1.29, 1.82) is 0 Å². The third kappa shape index (κ3) is 2.45. The molecule has 2 atom stereocenters. The molecule has 3 heteroatoms. The highest BCUT2D eigenvalue weighted by molar-refractivity contribution is 6.10. The molecule has 120 valence electrons. The van der Waals surface area contributed by atoms with Crippen LogP contribution in [0.25, 0.3) is 0 Å². The lowest BCUT2D eigenvalue weighted by Gasteiger charge is -2.31. The van der Waals surface area contributed by atoms with Crippen LogP contribution in [0, 0.1) is 0 Å². The van der Waals surface area contributed by atoms with Crippen LogP contribution in [0.4, 0.5) is 5.69 Å². The molecule has 0 saturated heterocycles. The van der Waals surface area contributed by atoms with E-state index in [0.29, 0.717) is 13.0 Å². The minimum atomic E-state index is -0.665. The number of para-hydroxylation sites is 1. The van der Waals surface area contributed by atoms with Crippen molar-refractivity contribution in [3.05, 3.63) is 65.7 Å². The maximum atomic E-state index is 13.3. The first-order chi connectivity index (χ1) is 11.1. The number of likely N-dealkylation sites (N-methyl/N-ethyl adjacent to an activating group) is 1. The van der Waals surface area contributed by atoms with E-state index in [4.69, 9.17) is 4.74 Å². The molecule has 0 spiro atoms. The van der Waals surface area contributed by atoms with Gasteiger partial charge in [0.2, 0.25) is 5.91 Å². The summed E-state index contributed by atoms with van der Waals surface area (Å²) >= 11 is 0. The summed E-state index contributed by atoms with van der Waals surface area (Å²) in [7, 11) is 1.86. The first-order valence-electron chi connectivity index (χ1n) is 8.16. The number of ether oxygens (including phenoxy) is 1. The molecule has 0 aromatic heterocycles. The minimum absolute atomic E-state index is 0.00344. The van der Waals surface area contributed by atoms with Crippen LogP contribution in [0.1, 0.15) is 31.4 Å². The van der Waals surface area contributed by atoms with Gasteiger partial charge in [-0.1, -0.05) is 48.5 Å². The zero-order valence-corrected chi connectivity index (χ0v) is 14.0. The molecule has 2 aromatic rings. The van der Waals surface area contributed by atoms with Crippen LogP contribution in [-0.2, 0) is 14.9 Å². The second-order valence-corrected chi connectivity index (χ2v) is 6.12. The van der Waals surface area contributed by atoms with Gasteiger partial charge >= 0.3 is 0 Å². The van der Waals surface area contributed by atoms with Crippen LogP contribution in [0.3, 0.4) is 0 Å². The second-order valence-electron chi connectivity index (χ2n) is 6.12. The number of amides is 1. The fourth-order valence-corrected chi connectivity index (χ4v) is 3.73. The molecule has 2 unspecified atom stereocenters. The van der Waals surface area contributed by atoms with Gasteiger partial charge in [-0.2, -0.15) is 0 Å². The highest BCUT2D eigenvalue weighted by Crippen LogP contribution is 2.48. The first kappa shape index (κ1) is 15.8. The van der Waals surface area contributed by atoms with Crippen molar-refractivity contribution < 1.29 is 9.53 Å². The van der Waals surface area contributed by atoms with Gasteiger partial charge in [-0.05, 0) is 37.5 Å². The molecule has 3 rings (SSSR count). The Morgan fingerprint density at radius 3 is 2.43 bits per heavy atom. The molecule has 1 aliphatic heterocycles. The van der Waals surface area contributed by atoms with Crippen molar-refractivity contribution in [2.75, 3.05) is 18.6 Å². The van der Waals surface area contributed by atoms with E-state index in [1.165, 1.54) is 0 Å². The van der Waals surface area contributed by atoms with E-state index in [1.807, 2.05) is 69.4 Å². The summed E-state index contributed by atoms with van der Waals surface area (Å²) in [6.07, 6.45) is 0.647. The Labute approximate surface area is 137 Å². The number of hydrogen-bond acceptors (Lipinski definition) is 2. The van der Waals surface area contributed by atoms with Crippen LogP contribution in [0.5, 0.6) is 0 Å². The highest BCUT2D eigenvalue weighted by Gasteiger charge is 2.51. The van der Waals surface area contributed by atoms with Crippen molar-refractivity contribution in [3.63, 3.8) is 0 Å². The zero-order chi connectivity index (χ0) is 16.4. The van der Waals surface area contributed by atoms with Crippen molar-refractivity contribution in [2.45, 2.75) is 31.8 Å². The van der Waals surface area contributed by atoms with Crippen molar-refractivity contribution in [1.82, 2.24) is 0 Å². The number of benzene rings is 2. The van der Waals surface area contributed by atoms with Gasteiger partial charge in [-0.3, -0.25) is 4.79 Å². The lowest BCUT2D eigenvalue weighted by molar-refractivity contribution is -0.122. The van der Waals surface area contributed by atoms with Crippen LogP contribution in [0.2, 0.25) is 0 Å². The molecule has 1 aliphatic rings. The highest BCUT2D eigenvalue weighted by atomic mass is 16.5. The van der Waals surface area contributed by atoms with Crippen LogP contribution >= 0.6 is 0 Å². The monoisotopic (exact) mass is 309 g/mol. The van der Waals surface area contributed by atoms with Crippen LogP contribution in [0.15, 0.2) is 54.6 Å². The van der Waals surface area contributed by atoms with Gasteiger partial charge in [0.1, 0.15) is 5.41 Å². The molecule has 1 heterocycles. The Bertz CT molecular complexity index is 698. The molecular weight excluding hydrogens is 286 g/mol. The van der Waals surface area contributed by atoms with Crippen LogP contribution < -0.4 is 4.90 Å². The van der Waals surface area contributed by atoms with Crippen molar-refractivity contribution in [2.24, 2.45) is 0 Å². The lowest BCUT2D eigenvalue weighted by Crippen LogP contribution is -2.42. The largest absolute Gasteiger partial charge is 0.379 e. The number of anilines is 1. The fraction of sp³-hybridized carbons (Fsp3) is 0.350. The summed E-state index contributed by atoms with van der Waals surface area (Å²) in [5.41, 5.74) is 2.44. The Balaban J connectivity index is 2.19. The smallest absolute Gasteiger partial charge is 0.242 e. The van der Waals surface area contributed by atoms with E-state index in [0.717, 1.165) is 16.8 Å². The van der Waals surface area contributed by atoms with E-state index >= 15 is 0 Å². The number of carbonyl (C=O) groups is 1. The van der Waals surface area contributed by atoms with Crippen LogP contribution in [-0.4, -0.2) is 25.7 Å². The SMILES string of the molecule is CCOC(C)CC1(c2ccccc2)C(=O)N(C)c2ccccc21. The average Bonchev–Trinajstić information content (AvgIpc) is 2.79. The summed E-state index contributed by atoms with van der Waals surface area (Å²) in [5, 5.41) is 0. The van der Waals surface area contributed by atoms with Crippen molar-refractivity contribution >= 4 is 11.6 Å². The standard InChI is InChI=1S/C20H23NO2/c1-4-23-15(2)14-20(16-10-6-5-7-11-16)17-12-8-9-13-18(17)21(3)19(20)22/h5-13,15H,4,14H2,1-3H3. The van der Waals surface area contributed by atoms with Gasteiger partial charge in [0.15, 0.2) is 0 Å². The molecular formula is C20H23NO2. The maximum absolute atomic E-state index is 13.3. The summed E-state index contributed by atoms with van der Waals surface area (Å²) in [5.74, 6) is 0.122. The molecule has 0 saturated carbocycles. The summed E-state index contributed by atoms with van der Waals surface area (Å²) < 4.78 is 5.78. The number of carbonyl (C=O) groups excluding carboxylic acids is 1. The topological polar surface area (TPSA) is 29.5 Å². The fourth-order valence-electron chi connectivity index (χ4n) is 3.73. The zero-order valence-electron chi connectivity index (χ0n) is 14.0. The van der Waals surface area contributed by atoms with E-state index < -0.39 is 5.41 Å². The summed E-state index contributed by atoms with van der Waals surface area (Å²) in [6.45, 7) is 4.68. The molecule has 2 aromatic carbocycles. The molecule has 0 fully saturated rings. The molecule has 0 N–H and O–H groups in total.